The Morgan fingerprint density at radius 2 is 2.38 bits per heavy atom. The molecule has 0 heterocycles. The fourth-order valence-corrected chi connectivity index (χ4v) is 0.226. The molecule has 0 fully saturated rings. The first-order chi connectivity index (χ1) is 3.27. The summed E-state index contributed by atoms with van der Waals surface area (Å²) in [6, 6.07) is 0. The van der Waals surface area contributed by atoms with Crippen molar-refractivity contribution < 1.29 is 4.84 Å². The van der Waals surface area contributed by atoms with Crippen molar-refractivity contribution in [2.75, 3.05) is 6.61 Å². The SMILES string of the molecule is C/C(Cl)=C\CON.Cl. The van der Waals surface area contributed by atoms with Gasteiger partial charge in [0.2, 0.25) is 0 Å². The van der Waals surface area contributed by atoms with Gasteiger partial charge in [0.05, 0.1) is 6.61 Å². The van der Waals surface area contributed by atoms with Crippen LogP contribution in [-0.2, 0) is 4.84 Å². The Morgan fingerprint density at radius 3 is 2.50 bits per heavy atom. The highest BCUT2D eigenvalue weighted by molar-refractivity contribution is 6.29. The molecule has 0 aliphatic heterocycles. The minimum atomic E-state index is 0. The average Bonchev–Trinajstić information content (AvgIpc) is 1.61. The average molecular weight is 158 g/mol. The van der Waals surface area contributed by atoms with Crippen LogP contribution in [0.3, 0.4) is 0 Å². The molecule has 0 aromatic heterocycles. The van der Waals surface area contributed by atoms with Crippen molar-refractivity contribution in [2.24, 2.45) is 5.90 Å². The predicted octanol–water partition coefficient (Wildman–Crippen LogP) is 1.44. The lowest BCUT2D eigenvalue weighted by Crippen LogP contribution is -1.97. The predicted molar refractivity (Wildman–Crippen MR) is 37.0 cm³/mol. The zero-order valence-electron chi connectivity index (χ0n) is 4.56. The van der Waals surface area contributed by atoms with Gasteiger partial charge in [0.25, 0.3) is 0 Å². The fraction of sp³-hybridized carbons (Fsp3) is 0.500. The molecule has 0 saturated carbocycles. The van der Waals surface area contributed by atoms with Crippen molar-refractivity contribution >= 4 is 24.0 Å². The van der Waals surface area contributed by atoms with E-state index in [0.717, 1.165) is 0 Å². The van der Waals surface area contributed by atoms with Gasteiger partial charge in [-0.2, -0.15) is 0 Å². The Hall–Kier alpha value is 0.240. The summed E-state index contributed by atoms with van der Waals surface area (Å²) < 4.78 is 0. The lowest BCUT2D eigenvalue weighted by Gasteiger charge is -1.85. The van der Waals surface area contributed by atoms with E-state index in [-0.39, 0.29) is 12.4 Å². The van der Waals surface area contributed by atoms with Crippen LogP contribution in [0.5, 0.6) is 0 Å². The van der Waals surface area contributed by atoms with Gasteiger partial charge in [-0.15, -0.1) is 12.4 Å². The summed E-state index contributed by atoms with van der Waals surface area (Å²) in [4.78, 5) is 4.19. The topological polar surface area (TPSA) is 35.2 Å². The molecule has 0 aliphatic rings. The summed E-state index contributed by atoms with van der Waals surface area (Å²) in [7, 11) is 0. The third-order valence-corrected chi connectivity index (χ3v) is 0.615. The van der Waals surface area contributed by atoms with Crippen LogP contribution < -0.4 is 5.90 Å². The first-order valence-corrected chi connectivity index (χ1v) is 2.29. The third kappa shape index (κ3) is 9.53. The Morgan fingerprint density at radius 1 is 1.88 bits per heavy atom. The lowest BCUT2D eigenvalue weighted by molar-refractivity contribution is 0.167. The van der Waals surface area contributed by atoms with Gasteiger partial charge in [-0.05, 0) is 13.0 Å². The molecular weight excluding hydrogens is 149 g/mol. The Bertz CT molecular complexity index is 70.4. The summed E-state index contributed by atoms with van der Waals surface area (Å²) in [6.07, 6.45) is 1.68. The summed E-state index contributed by atoms with van der Waals surface area (Å²) in [5.41, 5.74) is 0. The van der Waals surface area contributed by atoms with Gasteiger partial charge in [0.1, 0.15) is 0 Å². The van der Waals surface area contributed by atoms with Gasteiger partial charge >= 0.3 is 0 Å². The highest BCUT2D eigenvalue weighted by Gasteiger charge is 1.75. The second-order valence-electron chi connectivity index (χ2n) is 1.12. The molecule has 0 amide bonds. The first-order valence-electron chi connectivity index (χ1n) is 1.91. The van der Waals surface area contributed by atoms with Gasteiger partial charge in [-0.3, -0.25) is 0 Å². The summed E-state index contributed by atoms with van der Waals surface area (Å²) in [5.74, 6) is 4.67. The number of allylic oxidation sites excluding steroid dienone is 1. The van der Waals surface area contributed by atoms with Crippen LogP contribution in [0, 0.1) is 0 Å². The van der Waals surface area contributed by atoms with Crippen molar-refractivity contribution in [3.8, 4) is 0 Å². The fourth-order valence-electron chi connectivity index (χ4n) is 0.163. The van der Waals surface area contributed by atoms with Crippen molar-refractivity contribution in [3.05, 3.63) is 11.1 Å². The standard InChI is InChI=1S/C4H8ClNO.ClH/c1-4(5)2-3-7-6;/h2H,3,6H2,1H3;1H/b4-2+;. The minimum absolute atomic E-state index is 0. The maximum absolute atomic E-state index is 5.38. The molecule has 0 unspecified atom stereocenters. The number of hydrogen-bond donors (Lipinski definition) is 1. The molecule has 0 spiro atoms. The molecule has 50 valence electrons. The van der Waals surface area contributed by atoms with E-state index < -0.39 is 0 Å². The van der Waals surface area contributed by atoms with E-state index in [1.54, 1.807) is 13.0 Å². The van der Waals surface area contributed by atoms with Crippen LogP contribution in [0.4, 0.5) is 0 Å². The van der Waals surface area contributed by atoms with Crippen LogP contribution >= 0.6 is 24.0 Å². The van der Waals surface area contributed by atoms with Crippen molar-refractivity contribution in [3.63, 3.8) is 0 Å². The van der Waals surface area contributed by atoms with Crippen LogP contribution in [0.15, 0.2) is 11.1 Å². The number of hydrogen-bond acceptors (Lipinski definition) is 2. The summed E-state index contributed by atoms with van der Waals surface area (Å²) in [6.45, 7) is 2.15. The van der Waals surface area contributed by atoms with Gasteiger partial charge in [-0.1, -0.05) is 11.6 Å². The first kappa shape index (κ1) is 11.1. The van der Waals surface area contributed by atoms with Gasteiger partial charge in [0.15, 0.2) is 0 Å². The molecule has 2 nitrogen and oxygen atoms in total. The maximum Gasteiger partial charge on any atom is 0.0874 e. The van der Waals surface area contributed by atoms with Crippen LogP contribution in [0.2, 0.25) is 0 Å². The van der Waals surface area contributed by atoms with Gasteiger partial charge in [0, 0.05) is 5.03 Å². The minimum Gasteiger partial charge on any atom is -0.300 e. The van der Waals surface area contributed by atoms with E-state index in [1.165, 1.54) is 0 Å². The van der Waals surface area contributed by atoms with Crippen molar-refractivity contribution in [1.29, 1.82) is 0 Å². The number of rotatable bonds is 2. The molecular formula is C4H9Cl2NO. The molecule has 0 rings (SSSR count). The van der Waals surface area contributed by atoms with E-state index in [2.05, 4.69) is 10.7 Å². The molecule has 0 bridgehead atoms. The molecule has 0 atom stereocenters. The van der Waals surface area contributed by atoms with Crippen LogP contribution in [0.25, 0.3) is 0 Å². The van der Waals surface area contributed by atoms with Gasteiger partial charge < -0.3 is 4.84 Å². The van der Waals surface area contributed by atoms with E-state index in [0.29, 0.717) is 11.6 Å². The molecule has 0 aromatic carbocycles. The van der Waals surface area contributed by atoms with Crippen molar-refractivity contribution in [1.82, 2.24) is 0 Å². The second kappa shape index (κ2) is 7.24. The van der Waals surface area contributed by atoms with Crippen molar-refractivity contribution in [2.45, 2.75) is 6.92 Å². The normalized spacial score (nSPS) is 10.6. The third-order valence-electron chi connectivity index (χ3n) is 0.461. The zero-order valence-corrected chi connectivity index (χ0v) is 6.13. The molecule has 8 heavy (non-hydrogen) atoms. The van der Waals surface area contributed by atoms with Crippen LogP contribution in [-0.4, -0.2) is 6.61 Å². The highest BCUT2D eigenvalue weighted by atomic mass is 35.5. The molecule has 4 heteroatoms. The summed E-state index contributed by atoms with van der Waals surface area (Å²) in [5, 5.41) is 0.699. The van der Waals surface area contributed by atoms with E-state index in [9.17, 15) is 0 Å². The molecule has 0 aromatic rings. The Labute approximate surface area is 60.0 Å². The largest absolute Gasteiger partial charge is 0.300 e. The smallest absolute Gasteiger partial charge is 0.0874 e. The van der Waals surface area contributed by atoms with E-state index >= 15 is 0 Å². The lowest BCUT2D eigenvalue weighted by atomic mass is 10.5. The molecule has 0 saturated heterocycles. The highest BCUT2D eigenvalue weighted by Crippen LogP contribution is 1.95. The molecule has 0 radical (unpaired) electrons. The Balaban J connectivity index is 0. The van der Waals surface area contributed by atoms with Crippen LogP contribution in [0.1, 0.15) is 6.92 Å². The van der Waals surface area contributed by atoms with Gasteiger partial charge in [-0.25, -0.2) is 5.90 Å². The van der Waals surface area contributed by atoms with E-state index in [4.69, 9.17) is 11.6 Å². The maximum atomic E-state index is 5.38. The monoisotopic (exact) mass is 157 g/mol. The molecule has 2 N–H and O–H groups in total. The summed E-state index contributed by atoms with van der Waals surface area (Å²) >= 11 is 5.38. The quantitative estimate of drug-likeness (QED) is 0.617. The number of nitrogens with two attached hydrogens (primary N) is 1. The Kier molecular flexibility index (Phi) is 10.0. The zero-order chi connectivity index (χ0) is 5.70. The van der Waals surface area contributed by atoms with E-state index in [1.807, 2.05) is 0 Å². The molecule has 0 aliphatic carbocycles. The second-order valence-corrected chi connectivity index (χ2v) is 1.72. The number of halogens is 2.